The molecular formula is C22H30N8OS. The molecule has 170 valence electrons. The molecule has 1 aliphatic heterocycles. The first-order chi connectivity index (χ1) is 15.6. The molecule has 1 aromatic carbocycles. The number of benzene rings is 1. The van der Waals surface area contributed by atoms with Gasteiger partial charge in [-0.05, 0) is 31.9 Å². The summed E-state index contributed by atoms with van der Waals surface area (Å²) in [5.41, 5.74) is 1.09. The monoisotopic (exact) mass is 454 g/mol. The lowest BCUT2D eigenvalue weighted by Gasteiger charge is -2.32. The Hall–Kier alpha value is -2.85. The maximum absolute atomic E-state index is 5.93. The second-order valence-corrected chi connectivity index (χ2v) is 8.83. The Bertz CT molecular complexity index is 991. The van der Waals surface area contributed by atoms with Gasteiger partial charge in [-0.2, -0.15) is 31.8 Å². The van der Waals surface area contributed by atoms with Crippen LogP contribution in [-0.2, 0) is 0 Å². The summed E-state index contributed by atoms with van der Waals surface area (Å²) in [5, 5.41) is 11.2. The van der Waals surface area contributed by atoms with Crippen molar-refractivity contribution in [3.63, 3.8) is 0 Å². The Balaban J connectivity index is 1.58. The van der Waals surface area contributed by atoms with Gasteiger partial charge in [0.15, 0.2) is 5.82 Å². The van der Waals surface area contributed by atoms with Gasteiger partial charge in [0.2, 0.25) is 11.9 Å². The van der Waals surface area contributed by atoms with Crippen molar-refractivity contribution in [1.82, 2.24) is 30.0 Å². The van der Waals surface area contributed by atoms with E-state index in [4.69, 9.17) is 4.74 Å². The highest BCUT2D eigenvalue weighted by Crippen LogP contribution is 2.31. The first-order valence-electron chi connectivity index (χ1n) is 10.9. The average molecular weight is 455 g/mol. The summed E-state index contributed by atoms with van der Waals surface area (Å²) < 4.78 is 5.93. The number of para-hydroxylation sites is 1. The van der Waals surface area contributed by atoms with Crippen LogP contribution in [0.3, 0.4) is 0 Å². The van der Waals surface area contributed by atoms with Crippen molar-refractivity contribution in [3.05, 3.63) is 42.1 Å². The highest BCUT2D eigenvalue weighted by atomic mass is 32.2. The van der Waals surface area contributed by atoms with Crippen molar-refractivity contribution in [2.45, 2.75) is 25.0 Å². The molecule has 0 amide bonds. The topological polar surface area (TPSA) is 95.1 Å². The number of H-pyrrole nitrogens is 1. The first-order valence-corrected chi connectivity index (χ1v) is 12.2. The van der Waals surface area contributed by atoms with Gasteiger partial charge in [0, 0.05) is 37.5 Å². The molecule has 1 fully saturated rings. The second kappa shape index (κ2) is 10.6. The Morgan fingerprint density at radius 2 is 1.91 bits per heavy atom. The Morgan fingerprint density at radius 1 is 1.12 bits per heavy atom. The van der Waals surface area contributed by atoms with E-state index >= 15 is 0 Å². The summed E-state index contributed by atoms with van der Waals surface area (Å²) in [6, 6.07) is 11.8. The van der Waals surface area contributed by atoms with E-state index in [9.17, 15) is 0 Å². The largest absolute Gasteiger partial charge is 0.424 e. The molecule has 3 aromatic rings. The molecule has 4 rings (SSSR count). The number of anilines is 3. The van der Waals surface area contributed by atoms with Crippen LogP contribution in [-0.4, -0.2) is 69.5 Å². The lowest BCUT2D eigenvalue weighted by molar-refractivity contribution is 0.310. The molecule has 3 heterocycles. The van der Waals surface area contributed by atoms with Gasteiger partial charge in [0.1, 0.15) is 5.75 Å². The summed E-state index contributed by atoms with van der Waals surface area (Å²) in [6.45, 7) is 5.81. The third-order valence-corrected chi connectivity index (χ3v) is 6.42. The molecule has 0 radical (unpaired) electrons. The molecule has 32 heavy (non-hydrogen) atoms. The highest BCUT2D eigenvalue weighted by Gasteiger charge is 2.20. The van der Waals surface area contributed by atoms with Crippen molar-refractivity contribution >= 4 is 29.5 Å². The number of aromatic nitrogens is 5. The number of likely N-dealkylation sites (N-methyl/N-ethyl adjacent to an activating group) is 1. The standard InChI is InChI=1S/C22H30N8OS/c1-4-8-18(32-3)17-15-19(28-27-17)23-20-24-21(30-13-11-29(2)12-14-30)26-22(25-20)31-16-9-6-5-7-10-16/h5-7,9-10,15,18H,4,8,11-14H2,1-3H3,(H2,23,24,25,26,27,28). The van der Waals surface area contributed by atoms with Crippen LogP contribution in [0.2, 0.25) is 0 Å². The number of hydrogen-bond acceptors (Lipinski definition) is 9. The van der Waals surface area contributed by atoms with Crippen LogP contribution in [0.15, 0.2) is 36.4 Å². The van der Waals surface area contributed by atoms with Crippen molar-refractivity contribution < 1.29 is 4.74 Å². The van der Waals surface area contributed by atoms with Gasteiger partial charge >= 0.3 is 6.01 Å². The first kappa shape index (κ1) is 22.3. The number of hydrogen-bond donors (Lipinski definition) is 2. The van der Waals surface area contributed by atoms with Crippen molar-refractivity contribution in [3.8, 4) is 11.8 Å². The number of thioether (sulfide) groups is 1. The van der Waals surface area contributed by atoms with Crippen molar-refractivity contribution in [2.24, 2.45) is 0 Å². The molecule has 0 bridgehead atoms. The predicted octanol–water partition coefficient (Wildman–Crippen LogP) is 4.09. The minimum atomic E-state index is 0.256. The van der Waals surface area contributed by atoms with E-state index in [1.807, 2.05) is 48.2 Å². The molecule has 2 aromatic heterocycles. The molecule has 9 nitrogen and oxygen atoms in total. The summed E-state index contributed by atoms with van der Waals surface area (Å²) in [6.07, 6.45) is 4.34. The number of ether oxygens (including phenoxy) is 1. The zero-order chi connectivity index (χ0) is 22.3. The van der Waals surface area contributed by atoms with E-state index in [0.717, 1.165) is 44.7 Å². The van der Waals surface area contributed by atoms with E-state index in [1.165, 1.54) is 0 Å². The number of rotatable bonds is 9. The smallest absolute Gasteiger partial charge is 0.328 e. The summed E-state index contributed by atoms with van der Waals surface area (Å²) in [7, 11) is 2.12. The zero-order valence-corrected chi connectivity index (χ0v) is 19.6. The Kier molecular flexibility index (Phi) is 7.43. The number of nitrogens with one attached hydrogen (secondary N) is 2. The third kappa shape index (κ3) is 5.68. The number of nitrogens with zero attached hydrogens (tertiary/aromatic N) is 6. The quantitative estimate of drug-likeness (QED) is 0.496. The van der Waals surface area contributed by atoms with E-state index in [-0.39, 0.29) is 6.01 Å². The number of aromatic amines is 1. The molecule has 2 N–H and O–H groups in total. The minimum absolute atomic E-state index is 0.256. The van der Waals surface area contributed by atoms with Gasteiger partial charge in [-0.1, -0.05) is 31.5 Å². The van der Waals surface area contributed by atoms with Crippen LogP contribution in [0.1, 0.15) is 30.7 Å². The van der Waals surface area contributed by atoms with Crippen molar-refractivity contribution in [2.75, 3.05) is 49.7 Å². The molecule has 1 saturated heterocycles. The molecule has 0 spiro atoms. The van der Waals surface area contributed by atoms with Gasteiger partial charge in [0.25, 0.3) is 0 Å². The maximum atomic E-state index is 5.93. The van der Waals surface area contributed by atoms with Crippen LogP contribution in [0.5, 0.6) is 11.8 Å². The lowest BCUT2D eigenvalue weighted by Crippen LogP contribution is -2.45. The Morgan fingerprint density at radius 3 is 2.62 bits per heavy atom. The van der Waals surface area contributed by atoms with Crippen LogP contribution in [0.25, 0.3) is 0 Å². The summed E-state index contributed by atoms with van der Waals surface area (Å²) in [4.78, 5) is 18.2. The van der Waals surface area contributed by atoms with Gasteiger partial charge < -0.3 is 19.9 Å². The fourth-order valence-corrected chi connectivity index (χ4v) is 4.38. The molecule has 1 unspecified atom stereocenters. The fraction of sp³-hybridized carbons (Fsp3) is 0.455. The van der Waals surface area contributed by atoms with Crippen molar-refractivity contribution in [1.29, 1.82) is 0 Å². The van der Waals surface area contributed by atoms with Crippen LogP contribution >= 0.6 is 11.8 Å². The zero-order valence-electron chi connectivity index (χ0n) is 18.8. The van der Waals surface area contributed by atoms with Crippen LogP contribution < -0.4 is 15.0 Å². The molecule has 0 saturated carbocycles. The van der Waals surface area contributed by atoms with Gasteiger partial charge in [-0.3, -0.25) is 5.10 Å². The maximum Gasteiger partial charge on any atom is 0.328 e. The van der Waals surface area contributed by atoms with Crippen LogP contribution in [0.4, 0.5) is 17.7 Å². The second-order valence-electron chi connectivity index (χ2n) is 7.79. The summed E-state index contributed by atoms with van der Waals surface area (Å²) in [5.74, 6) is 2.37. The highest BCUT2D eigenvalue weighted by molar-refractivity contribution is 7.98. The number of piperazine rings is 1. The van der Waals surface area contributed by atoms with E-state index in [0.29, 0.717) is 28.7 Å². The molecule has 1 aliphatic rings. The normalized spacial score (nSPS) is 15.5. The van der Waals surface area contributed by atoms with Gasteiger partial charge in [0.05, 0.1) is 5.69 Å². The molecular weight excluding hydrogens is 424 g/mol. The van der Waals surface area contributed by atoms with Crippen LogP contribution in [0, 0.1) is 0 Å². The average Bonchev–Trinajstić information content (AvgIpc) is 3.26. The molecule has 1 atom stereocenters. The molecule has 10 heteroatoms. The fourth-order valence-electron chi connectivity index (χ4n) is 3.53. The SMILES string of the molecule is CCCC(SC)c1cc(Nc2nc(Oc3ccccc3)nc(N3CCN(C)CC3)n2)n[nH]1. The van der Waals surface area contributed by atoms with E-state index in [2.05, 4.69) is 60.5 Å². The summed E-state index contributed by atoms with van der Waals surface area (Å²) >= 11 is 1.82. The minimum Gasteiger partial charge on any atom is -0.424 e. The lowest BCUT2D eigenvalue weighted by atomic mass is 10.2. The van der Waals surface area contributed by atoms with E-state index < -0.39 is 0 Å². The van der Waals surface area contributed by atoms with Gasteiger partial charge in [-0.15, -0.1) is 0 Å². The predicted molar refractivity (Wildman–Crippen MR) is 129 cm³/mol. The van der Waals surface area contributed by atoms with E-state index in [1.54, 1.807) is 0 Å². The molecule has 0 aliphatic carbocycles. The Labute approximate surface area is 193 Å². The third-order valence-electron chi connectivity index (χ3n) is 5.36. The van der Waals surface area contributed by atoms with Gasteiger partial charge in [-0.25, -0.2) is 0 Å².